The average molecular weight is 311 g/mol. The van der Waals surface area contributed by atoms with Crippen LogP contribution in [0, 0.1) is 0 Å². The van der Waals surface area contributed by atoms with Gasteiger partial charge in [-0.2, -0.15) is 0 Å². The largest absolute Gasteiger partial charge is 0.450 e. The maximum absolute atomic E-state index is 11.6. The van der Waals surface area contributed by atoms with Gasteiger partial charge in [-0.1, -0.05) is 40.7 Å². The lowest BCUT2D eigenvalue weighted by molar-refractivity contribution is 0.114. The zero-order chi connectivity index (χ0) is 17.7. The Morgan fingerprint density at radius 1 is 1.14 bits per heavy atom. The Morgan fingerprint density at radius 3 is 2.14 bits per heavy atom. The van der Waals surface area contributed by atoms with E-state index >= 15 is 0 Å². The summed E-state index contributed by atoms with van der Waals surface area (Å²) in [6.07, 6.45) is 0.484. The summed E-state index contributed by atoms with van der Waals surface area (Å²) in [5, 5.41) is 0. The summed E-state index contributed by atoms with van der Waals surface area (Å²) in [5.41, 5.74) is 14.9. The van der Waals surface area contributed by atoms with Gasteiger partial charge in [0, 0.05) is 7.05 Å². The third-order valence-electron chi connectivity index (χ3n) is 2.84. The molecule has 1 amide bonds. The Labute approximate surface area is 135 Å². The van der Waals surface area contributed by atoms with Gasteiger partial charge in [0.15, 0.2) is 0 Å². The number of carbonyl (C=O) groups excluding carboxylic acids is 1. The quantitative estimate of drug-likeness (QED) is 0.822. The summed E-state index contributed by atoms with van der Waals surface area (Å²) in [7, 11) is 1.68. The fourth-order valence-electron chi connectivity index (χ4n) is 1.78. The van der Waals surface area contributed by atoms with Crippen molar-refractivity contribution in [3.63, 3.8) is 0 Å². The Morgan fingerprint density at radius 2 is 1.68 bits per heavy atom. The second-order valence-corrected chi connectivity index (χ2v) is 4.11. The number of nitrogen functional groups attached to an aromatic ring is 2. The number of ether oxygens (including phenoxy) is 1. The first kappa shape index (κ1) is 22.4. The van der Waals surface area contributed by atoms with E-state index in [1.807, 2.05) is 40.7 Å². The van der Waals surface area contributed by atoms with Gasteiger partial charge in [0.05, 0.1) is 24.5 Å². The molecule has 4 N–H and O–H groups in total. The molecule has 0 saturated heterocycles. The van der Waals surface area contributed by atoms with Crippen LogP contribution in [0.5, 0.6) is 0 Å². The third kappa shape index (κ3) is 6.70. The monoisotopic (exact) mass is 311 g/mol. The molecule has 0 aliphatic heterocycles. The fraction of sp³-hybridized carbons (Fsp3) is 0.588. The summed E-state index contributed by atoms with van der Waals surface area (Å²) in [4.78, 5) is 13.1. The smallest absolute Gasteiger partial charge is 0.409 e. The summed E-state index contributed by atoms with van der Waals surface area (Å²) in [5.74, 6) is 0. The van der Waals surface area contributed by atoms with Gasteiger partial charge in [-0.15, -0.1) is 0 Å². The number of carbonyl (C=O) groups is 1. The molecule has 0 saturated carbocycles. The van der Waals surface area contributed by atoms with E-state index in [-0.39, 0.29) is 6.09 Å². The molecule has 0 spiro atoms. The molecule has 22 heavy (non-hydrogen) atoms. The van der Waals surface area contributed by atoms with Crippen LogP contribution in [0.15, 0.2) is 12.1 Å². The van der Waals surface area contributed by atoms with Gasteiger partial charge >= 0.3 is 6.09 Å². The molecule has 0 heterocycles. The first-order valence-corrected chi connectivity index (χ1v) is 8.04. The van der Waals surface area contributed by atoms with Crippen molar-refractivity contribution in [3.05, 3.63) is 23.3 Å². The van der Waals surface area contributed by atoms with Crippen molar-refractivity contribution < 1.29 is 9.53 Å². The van der Waals surface area contributed by atoms with Gasteiger partial charge in [-0.05, 0) is 30.5 Å². The summed E-state index contributed by atoms with van der Waals surface area (Å²) in [6.45, 7) is 12.6. The molecular weight excluding hydrogens is 278 g/mol. The van der Waals surface area contributed by atoms with Crippen LogP contribution in [0.4, 0.5) is 16.2 Å². The van der Waals surface area contributed by atoms with E-state index in [1.54, 1.807) is 20.0 Å². The number of nitrogens with two attached hydrogens (primary N) is 2. The topological polar surface area (TPSA) is 81.6 Å². The van der Waals surface area contributed by atoms with Crippen molar-refractivity contribution in [2.24, 2.45) is 0 Å². The molecule has 5 nitrogen and oxygen atoms in total. The first-order chi connectivity index (χ1) is 10.5. The molecule has 1 rings (SSSR count). The van der Waals surface area contributed by atoms with E-state index in [0.29, 0.717) is 24.5 Å². The second-order valence-electron chi connectivity index (χ2n) is 4.11. The van der Waals surface area contributed by atoms with Crippen molar-refractivity contribution in [3.8, 4) is 0 Å². The van der Waals surface area contributed by atoms with Gasteiger partial charge in [0.25, 0.3) is 0 Å². The predicted molar refractivity (Wildman–Crippen MR) is 95.8 cm³/mol. The van der Waals surface area contributed by atoms with E-state index in [0.717, 1.165) is 17.5 Å². The molecule has 0 radical (unpaired) electrons. The van der Waals surface area contributed by atoms with E-state index < -0.39 is 0 Å². The SMILES string of the molecule is CC.CC.CCOC(=O)N(C)Cc1c(CC)ccc(N)c1N. The number of benzene rings is 1. The number of hydrogen-bond acceptors (Lipinski definition) is 4. The van der Waals surface area contributed by atoms with E-state index in [1.165, 1.54) is 4.90 Å². The van der Waals surface area contributed by atoms with Gasteiger partial charge in [-0.3, -0.25) is 0 Å². The predicted octanol–water partition coefficient (Wildman–Crippen LogP) is 4.05. The highest BCUT2D eigenvalue weighted by Crippen LogP contribution is 2.25. The molecule has 0 bridgehead atoms. The van der Waals surface area contributed by atoms with E-state index in [9.17, 15) is 4.79 Å². The second kappa shape index (κ2) is 12.8. The summed E-state index contributed by atoms with van der Waals surface area (Å²) in [6, 6.07) is 3.74. The normalized spacial score (nSPS) is 8.86. The minimum absolute atomic E-state index is 0.357. The van der Waals surface area contributed by atoms with Crippen molar-refractivity contribution in [1.82, 2.24) is 4.90 Å². The summed E-state index contributed by atoms with van der Waals surface area (Å²) >= 11 is 0. The van der Waals surface area contributed by atoms with Crippen LogP contribution in [-0.2, 0) is 17.7 Å². The highest BCUT2D eigenvalue weighted by Gasteiger charge is 2.15. The van der Waals surface area contributed by atoms with Crippen LogP contribution in [0.3, 0.4) is 0 Å². The van der Waals surface area contributed by atoms with E-state index in [4.69, 9.17) is 16.2 Å². The molecule has 0 aromatic heterocycles. The van der Waals surface area contributed by atoms with Gasteiger partial charge in [0.2, 0.25) is 0 Å². The molecule has 5 heteroatoms. The van der Waals surface area contributed by atoms with Gasteiger partial charge < -0.3 is 21.1 Å². The van der Waals surface area contributed by atoms with Crippen LogP contribution >= 0.6 is 0 Å². The minimum Gasteiger partial charge on any atom is -0.450 e. The highest BCUT2D eigenvalue weighted by molar-refractivity contribution is 5.71. The summed E-state index contributed by atoms with van der Waals surface area (Å²) < 4.78 is 4.93. The molecule has 0 aliphatic rings. The van der Waals surface area contributed by atoms with E-state index in [2.05, 4.69) is 0 Å². The molecule has 1 aromatic carbocycles. The standard InChI is InChI=1S/C13H21N3O2.2C2H6/c1-4-9-6-7-11(14)12(15)10(9)8-16(3)13(17)18-5-2;2*1-2/h6-7H,4-5,8,14-15H2,1-3H3;2*1-2H3. The zero-order valence-corrected chi connectivity index (χ0v) is 15.2. The number of amides is 1. The highest BCUT2D eigenvalue weighted by atomic mass is 16.5. The van der Waals surface area contributed by atoms with Crippen LogP contribution in [-0.4, -0.2) is 24.6 Å². The zero-order valence-electron chi connectivity index (χ0n) is 15.2. The van der Waals surface area contributed by atoms with Crippen LogP contribution in [0.2, 0.25) is 0 Å². The Kier molecular flexibility index (Phi) is 13.0. The number of anilines is 2. The minimum atomic E-state index is -0.360. The van der Waals surface area contributed by atoms with Crippen molar-refractivity contribution >= 4 is 17.5 Å². The van der Waals surface area contributed by atoms with Crippen LogP contribution < -0.4 is 11.5 Å². The number of nitrogens with zero attached hydrogens (tertiary/aromatic N) is 1. The van der Waals surface area contributed by atoms with Crippen LogP contribution in [0.1, 0.15) is 52.7 Å². The lowest BCUT2D eigenvalue weighted by Gasteiger charge is -2.20. The molecular formula is C17H33N3O2. The van der Waals surface area contributed by atoms with Crippen molar-refractivity contribution in [2.45, 2.75) is 54.5 Å². The lowest BCUT2D eigenvalue weighted by atomic mass is 10.0. The first-order valence-electron chi connectivity index (χ1n) is 8.04. The maximum Gasteiger partial charge on any atom is 0.409 e. The Bertz CT molecular complexity index is 434. The molecule has 0 fully saturated rings. The van der Waals surface area contributed by atoms with Crippen LogP contribution in [0.25, 0.3) is 0 Å². The van der Waals surface area contributed by atoms with Gasteiger partial charge in [0.1, 0.15) is 0 Å². The molecule has 0 aliphatic carbocycles. The maximum atomic E-state index is 11.6. The lowest BCUT2D eigenvalue weighted by Crippen LogP contribution is -2.28. The number of rotatable bonds is 4. The fourth-order valence-corrected chi connectivity index (χ4v) is 1.78. The molecule has 0 atom stereocenters. The Hall–Kier alpha value is -1.91. The molecule has 1 aromatic rings. The average Bonchev–Trinajstić information content (AvgIpc) is 2.56. The van der Waals surface area contributed by atoms with Crippen molar-refractivity contribution in [2.75, 3.05) is 25.1 Å². The number of aryl methyl sites for hydroxylation is 1. The number of hydrogen-bond donors (Lipinski definition) is 2. The molecule has 0 unspecified atom stereocenters. The van der Waals surface area contributed by atoms with Crippen molar-refractivity contribution in [1.29, 1.82) is 0 Å². The Balaban J connectivity index is 0. The van der Waals surface area contributed by atoms with Gasteiger partial charge in [-0.25, -0.2) is 4.79 Å². The molecule has 128 valence electrons. The third-order valence-corrected chi connectivity index (χ3v) is 2.84.